The second kappa shape index (κ2) is 3.40. The highest BCUT2D eigenvalue weighted by Gasteiger charge is 2.36. The minimum atomic E-state index is -0.467. The Bertz CT molecular complexity index is 288. The maximum Gasteiger partial charge on any atom is 0.585 e. The number of fused-ring (bicyclic) bond motifs is 1. The van der Waals surface area contributed by atoms with E-state index in [1.165, 1.54) is 0 Å². The monoisotopic (exact) mass is 282 g/mol. The van der Waals surface area contributed by atoms with Crippen LogP contribution in [0.25, 0.3) is 0 Å². The molecule has 0 atom stereocenters. The van der Waals surface area contributed by atoms with Gasteiger partial charge in [-0.25, -0.2) is 7.86 Å². The lowest BCUT2D eigenvalue weighted by Gasteiger charge is -1.79. The van der Waals surface area contributed by atoms with Crippen LogP contribution >= 0.6 is 0 Å². The van der Waals surface area contributed by atoms with Crippen molar-refractivity contribution in [2.24, 2.45) is 0 Å². The Balaban J connectivity index is 0.000000605. The van der Waals surface area contributed by atoms with Gasteiger partial charge in [-0.1, -0.05) is 12.1 Å². The van der Waals surface area contributed by atoms with Gasteiger partial charge in [0.15, 0.2) is 0 Å². The maximum absolute atomic E-state index is 10.9. The van der Waals surface area contributed by atoms with Gasteiger partial charge in [0.25, 0.3) is 0 Å². The highest BCUT2D eigenvalue weighted by atomic mass is 127. The molecule has 1 aliphatic rings. The molecule has 0 fully saturated rings. The van der Waals surface area contributed by atoms with Gasteiger partial charge >= 0.3 is 27.6 Å². The molecule has 2 nitrogen and oxygen atoms in total. The van der Waals surface area contributed by atoms with Gasteiger partial charge in [-0.05, 0) is 12.1 Å². The van der Waals surface area contributed by atoms with Crippen molar-refractivity contribution < 1.29 is 41.9 Å². The van der Waals surface area contributed by atoms with Gasteiger partial charge in [-0.3, -0.25) is 0 Å². The number of hydrogen-bond acceptors (Lipinski definition) is 2. The molecule has 1 aromatic rings. The van der Waals surface area contributed by atoms with Crippen LogP contribution in [0.1, 0.15) is 10.4 Å². The lowest BCUT2D eigenvalue weighted by Crippen LogP contribution is -3.61. The first kappa shape index (κ1) is 8.80. The van der Waals surface area contributed by atoms with E-state index in [4.69, 9.17) is 3.07 Å². The van der Waals surface area contributed by atoms with Crippen LogP contribution in [0.15, 0.2) is 24.3 Å². The molecule has 2 rings (SSSR count). The zero-order valence-electron chi connectivity index (χ0n) is 5.38. The number of carbonyl (C=O) groups is 1. The van der Waals surface area contributed by atoms with Gasteiger partial charge in [0.05, 0.1) is 0 Å². The summed E-state index contributed by atoms with van der Waals surface area (Å²) in [5.41, 5.74) is 0.760. The topological polar surface area (TPSA) is 26.3 Å². The number of benzene rings is 1. The predicted octanol–water partition coefficient (Wildman–Crippen LogP) is -4.97. The Morgan fingerprint density at radius 1 is 1.27 bits per heavy atom. The van der Waals surface area contributed by atoms with Crippen molar-refractivity contribution in [1.82, 2.24) is 0 Å². The summed E-state index contributed by atoms with van der Waals surface area (Å²) in [4.78, 5) is 10.9. The van der Waals surface area contributed by atoms with Gasteiger partial charge in [0, 0.05) is 0 Å². The number of carbonyl (C=O) groups excluding carboxylic acids is 1. The van der Waals surface area contributed by atoms with Crippen LogP contribution < -0.4 is 34.0 Å². The normalized spacial score (nSPS) is 13.3. The van der Waals surface area contributed by atoms with Crippen LogP contribution in [0.4, 0.5) is 0 Å². The van der Waals surface area contributed by atoms with Gasteiger partial charge in [0.1, 0.15) is 5.56 Å². The largest absolute Gasteiger partial charge is 1.00 e. The van der Waals surface area contributed by atoms with Crippen molar-refractivity contribution in [1.29, 1.82) is 0 Å². The van der Waals surface area contributed by atoms with Crippen LogP contribution in [0, 0.1) is 3.57 Å². The average Bonchev–Trinajstić information content (AvgIpc) is 2.34. The maximum atomic E-state index is 10.9. The van der Waals surface area contributed by atoms with Crippen molar-refractivity contribution in [3.63, 3.8) is 0 Å². The highest BCUT2D eigenvalue weighted by molar-refractivity contribution is 5.89. The van der Waals surface area contributed by atoms with E-state index in [-0.39, 0.29) is 18.4 Å². The van der Waals surface area contributed by atoms with Crippen molar-refractivity contribution in [3.8, 4) is 0 Å². The molecule has 0 N–H and O–H groups in total. The Hall–Kier alpha value is -0.290. The van der Waals surface area contributed by atoms with Gasteiger partial charge in [0.2, 0.25) is 3.57 Å². The summed E-state index contributed by atoms with van der Waals surface area (Å²) >= 11 is -0.467. The van der Waals surface area contributed by atoms with Gasteiger partial charge in [-0.2, -0.15) is 0 Å². The van der Waals surface area contributed by atoms with E-state index < -0.39 is 21.6 Å². The first-order chi connectivity index (χ1) is 4.88. The molecule has 0 saturated carbocycles. The molecule has 1 heterocycles. The zero-order valence-corrected chi connectivity index (χ0v) is 8.30. The summed E-state index contributed by atoms with van der Waals surface area (Å²) in [5.74, 6) is -0.150. The Labute approximate surface area is 81.2 Å². The smallest absolute Gasteiger partial charge is 0.585 e. The molecular formula is C7H4ClIO2. The average molecular weight is 282 g/mol. The third-order valence-electron chi connectivity index (χ3n) is 1.29. The predicted molar refractivity (Wildman–Crippen MR) is 30.6 cm³/mol. The molecule has 0 unspecified atom stereocenters. The summed E-state index contributed by atoms with van der Waals surface area (Å²) in [6.45, 7) is 0. The van der Waals surface area contributed by atoms with E-state index >= 15 is 0 Å². The fraction of sp³-hybridized carbons (Fsp3) is 0. The third kappa shape index (κ3) is 1.49. The Morgan fingerprint density at radius 2 is 2.00 bits per heavy atom. The molecule has 0 aromatic heterocycles. The van der Waals surface area contributed by atoms with Crippen molar-refractivity contribution in [2.75, 3.05) is 0 Å². The molecular weight excluding hydrogens is 278 g/mol. The SMILES string of the molecule is O=C1O[I+]c2ccccc21.[Cl-]. The van der Waals surface area contributed by atoms with Gasteiger partial charge < -0.3 is 12.4 Å². The Kier molecular flexibility index (Phi) is 2.72. The summed E-state index contributed by atoms with van der Waals surface area (Å²) < 4.78 is 6.00. The summed E-state index contributed by atoms with van der Waals surface area (Å²) in [6.07, 6.45) is 0. The fourth-order valence-electron chi connectivity index (χ4n) is 0.812. The Morgan fingerprint density at radius 3 is 2.73 bits per heavy atom. The number of hydrogen-bond donors (Lipinski definition) is 0. The second-order valence-corrected chi connectivity index (χ2v) is 3.96. The molecule has 0 amide bonds. The molecule has 58 valence electrons. The second-order valence-electron chi connectivity index (χ2n) is 1.92. The lowest BCUT2D eigenvalue weighted by atomic mass is 10.2. The van der Waals surface area contributed by atoms with Crippen LogP contribution in [0.2, 0.25) is 0 Å². The lowest BCUT2D eigenvalue weighted by molar-refractivity contribution is -0.842. The number of rotatable bonds is 0. The van der Waals surface area contributed by atoms with Crippen LogP contribution in [0.3, 0.4) is 0 Å². The minimum Gasteiger partial charge on any atom is -1.00 e. The number of halogens is 2. The zero-order chi connectivity index (χ0) is 6.97. The molecule has 0 spiro atoms. The molecule has 1 aliphatic heterocycles. The summed E-state index contributed by atoms with van der Waals surface area (Å²) in [5, 5.41) is 0. The quantitative estimate of drug-likeness (QED) is 0.446. The van der Waals surface area contributed by atoms with Gasteiger partial charge in [-0.15, -0.1) is 0 Å². The highest BCUT2D eigenvalue weighted by Crippen LogP contribution is 2.01. The molecule has 0 radical (unpaired) electrons. The van der Waals surface area contributed by atoms with Crippen LogP contribution in [0.5, 0.6) is 0 Å². The van der Waals surface area contributed by atoms with E-state index in [1.807, 2.05) is 24.3 Å². The molecule has 11 heavy (non-hydrogen) atoms. The molecule has 0 saturated heterocycles. The fourth-order valence-corrected chi connectivity index (χ4v) is 2.48. The molecule has 1 aromatic carbocycles. The van der Waals surface area contributed by atoms with E-state index in [0.29, 0.717) is 0 Å². The van der Waals surface area contributed by atoms with E-state index in [1.54, 1.807) is 0 Å². The minimum absolute atomic E-state index is 0. The van der Waals surface area contributed by atoms with E-state index in [0.717, 1.165) is 9.13 Å². The first-order valence-corrected chi connectivity index (χ1v) is 4.79. The molecule has 4 heteroatoms. The molecule has 0 bridgehead atoms. The van der Waals surface area contributed by atoms with Crippen LogP contribution in [-0.4, -0.2) is 5.97 Å². The van der Waals surface area contributed by atoms with Crippen molar-refractivity contribution >= 4 is 5.97 Å². The standard InChI is InChI=1S/C7H4IO2.ClH/c9-7-5-3-1-2-4-6(5)8-10-7;/h1-4H;1H/q+1;/p-1. The van der Waals surface area contributed by atoms with E-state index in [9.17, 15) is 4.79 Å². The van der Waals surface area contributed by atoms with Crippen molar-refractivity contribution in [2.45, 2.75) is 0 Å². The third-order valence-corrected chi connectivity index (χ3v) is 3.32. The molecule has 0 aliphatic carbocycles. The summed E-state index contributed by atoms with van der Waals surface area (Å²) in [6, 6.07) is 7.55. The summed E-state index contributed by atoms with van der Waals surface area (Å²) in [7, 11) is 0. The van der Waals surface area contributed by atoms with E-state index in [2.05, 4.69) is 0 Å². The van der Waals surface area contributed by atoms with Crippen LogP contribution in [-0.2, 0) is 3.07 Å². The van der Waals surface area contributed by atoms with Crippen molar-refractivity contribution in [3.05, 3.63) is 33.4 Å². The first-order valence-electron chi connectivity index (χ1n) is 2.83.